The number of nitrogens with one attached hydrogen (secondary N) is 4. The Hall–Kier alpha value is -15.2. The van der Waals surface area contributed by atoms with Crippen molar-refractivity contribution in [2.75, 3.05) is 121 Å². The highest BCUT2D eigenvalue weighted by Gasteiger charge is 2.33. The van der Waals surface area contributed by atoms with Gasteiger partial charge in [-0.2, -0.15) is 14.5 Å². The number of para-hydroxylation sites is 2. The third kappa shape index (κ3) is 19.7. The predicted molar refractivity (Wildman–Crippen MR) is 564 cm³/mol. The fourth-order valence-electron chi connectivity index (χ4n) is 21.0. The molecule has 22 rings (SSSR count). The molecule has 1 amide bonds. The van der Waals surface area contributed by atoms with Gasteiger partial charge in [0, 0.05) is 107 Å². The number of H-pyrrole nitrogens is 2. The number of aromatic nitrogens is 20. The van der Waals surface area contributed by atoms with Crippen molar-refractivity contribution in [2.24, 2.45) is 0 Å². The van der Waals surface area contributed by atoms with E-state index in [9.17, 15) is 32.4 Å². The van der Waals surface area contributed by atoms with Crippen LogP contribution in [0.15, 0.2) is 203 Å². The molecule has 0 bridgehead atoms. The average molecular weight is 1960 g/mol. The Morgan fingerprint density at radius 1 is 0.438 bits per heavy atom. The summed E-state index contributed by atoms with van der Waals surface area (Å²) in [5.41, 5.74) is 29.3. The summed E-state index contributed by atoms with van der Waals surface area (Å²) >= 11 is 0. The molecule has 0 saturated carbocycles. The first-order valence-corrected chi connectivity index (χ1v) is 50.8. The van der Waals surface area contributed by atoms with Crippen LogP contribution in [-0.2, 0) is 41.0 Å². The van der Waals surface area contributed by atoms with Gasteiger partial charge in [0.15, 0.2) is 34.2 Å². The standard InChI is InChI=1S/C30H32N8O2.C29H32N8O3S.C24H29N7O.C23H27N7O/c1-19-7-4-5-10-25(19)38-23(15-22-9-6-8-20(2)26(22)30(38)40)16-37-29-27(28(31)32-18-33-29)24(34-37)17-35-11-13-36(14-12-35)21(3)39;1-19-7-4-5-10-24(19)37-22(15-21-9-6-8-20(2)25(21)29(37)38)16-36-28-26(27(30)31-18-32-28)23(33-36)17-34-11-13-35(14-12-34)41(3,39)40;1-4-18(29-23-21-22(26-13-25-21)27-14-28-23)19-12-16-7-5-6-15(2)20(16)24(32)31(19)17-8-10-30(3)11-9-17;1-14-5-4-6-16-11-18(15(2)28-22-20-21(25-12-24-20)26-13-27-22)30(23(31)19(14)16)17-7-9-29(3)10-8-17/h4-10,15,18H,11-14,16-17H2,1-3H3,(H2,31,32,33);4-10,15,18H,11-14,16-17H2,1-3H3,(H2,30,31,32);5-7,12-14,17-18H,4,8-11H2,1-3H3,(H2,25,26,27,28,29);4-6,11-13,15,17H,7-10H2,1-3H3,(H2,24,25,26,27,28). The highest BCUT2D eigenvalue weighted by atomic mass is 32.2. The molecule has 742 valence electrons. The van der Waals surface area contributed by atoms with E-state index in [0.29, 0.717) is 127 Å². The lowest BCUT2D eigenvalue weighted by Gasteiger charge is -2.34. The molecule has 38 heteroatoms. The van der Waals surface area contributed by atoms with Gasteiger partial charge >= 0.3 is 0 Å². The predicted octanol–water partition coefficient (Wildman–Crippen LogP) is 12.7. The number of aryl methyl sites for hydroxylation is 6. The van der Waals surface area contributed by atoms with Crippen molar-refractivity contribution in [1.82, 2.24) is 126 Å². The molecule has 18 aromatic rings. The van der Waals surface area contributed by atoms with Gasteiger partial charge in [-0.15, -0.1) is 0 Å². The Bertz CT molecular complexity index is 8300. The topological polar surface area (TPSA) is 431 Å². The Balaban J connectivity index is 0.000000122. The van der Waals surface area contributed by atoms with Crippen molar-refractivity contribution in [1.29, 1.82) is 0 Å². The second kappa shape index (κ2) is 41.4. The first kappa shape index (κ1) is 97.6. The molecular formula is C106H120N30O7S. The number of anilines is 4. The number of aromatic amines is 2. The Labute approximate surface area is 831 Å². The van der Waals surface area contributed by atoms with E-state index in [1.54, 1.807) is 33.4 Å². The number of benzene rings is 6. The molecule has 2 atom stereocenters. The van der Waals surface area contributed by atoms with Crippen LogP contribution in [0.3, 0.4) is 0 Å². The van der Waals surface area contributed by atoms with E-state index in [4.69, 9.17) is 21.7 Å². The molecule has 8 N–H and O–H groups in total. The van der Waals surface area contributed by atoms with Crippen LogP contribution in [0.1, 0.15) is 145 Å². The number of piperazine rings is 2. The van der Waals surface area contributed by atoms with Crippen molar-refractivity contribution in [3.8, 4) is 11.4 Å². The van der Waals surface area contributed by atoms with Crippen LogP contribution in [-0.4, -0.2) is 240 Å². The number of nitrogens with two attached hydrogens (primary N) is 2. The number of carbonyl (C=O) groups is 1. The number of rotatable bonds is 20. The lowest BCUT2D eigenvalue weighted by molar-refractivity contribution is -0.130. The second-order valence-corrected chi connectivity index (χ2v) is 40.3. The number of carbonyl (C=O) groups excluding carboxylic acids is 1. The third-order valence-corrected chi connectivity index (χ3v) is 30.0. The fraction of sp³-hybridized carbons (Fsp3) is 0.349. The number of piperidine rings is 2. The number of amides is 1. The number of hydrogen-bond donors (Lipinski definition) is 6. The SMILES string of the molecule is CC(=O)N1CCN(Cc2nn(Cc3cc4cccc(C)c4c(=O)n3-c3ccccc3C)c3ncnc(N)c23)CC1.CCC(Nc1ncnc2nc[nH]c12)c1cc2cccc(C)c2c(=O)n1C1CCN(C)CC1.Cc1cccc2cc(C(C)Nc3ncnc4nc[nH]c34)n(C3CCN(C)CC3)c(=O)c12.Cc1ccccc1-n1c(Cn2nc(CN3CCN(S(C)(=O)=O)CC3)c3c(N)ncnc32)cc2cccc(C)c2c1=O. The molecule has 4 aliphatic heterocycles. The first-order chi connectivity index (χ1) is 69.5. The number of likely N-dealkylation sites (tertiary alicyclic amines) is 2. The maximum absolute atomic E-state index is 14.0. The molecule has 0 aliphatic carbocycles. The highest BCUT2D eigenvalue weighted by molar-refractivity contribution is 7.88. The van der Waals surface area contributed by atoms with Crippen molar-refractivity contribution >= 4 is 127 Å². The average Bonchev–Trinajstić information content (AvgIpc) is 1.35. The molecule has 144 heavy (non-hydrogen) atoms. The number of sulfonamides is 1. The van der Waals surface area contributed by atoms with Crippen LogP contribution >= 0.6 is 0 Å². The molecule has 0 radical (unpaired) electrons. The zero-order valence-corrected chi connectivity index (χ0v) is 83.9. The number of pyridine rings is 4. The van der Waals surface area contributed by atoms with Gasteiger partial charge in [0.2, 0.25) is 15.9 Å². The summed E-state index contributed by atoms with van der Waals surface area (Å²) in [6.45, 7) is 28.2. The number of hydrogen-bond acceptors (Lipinski definition) is 27. The minimum Gasteiger partial charge on any atom is -0.383 e. The van der Waals surface area contributed by atoms with Crippen molar-refractivity contribution in [3.05, 3.63) is 293 Å². The number of nitrogen functional groups attached to an aromatic ring is 2. The van der Waals surface area contributed by atoms with Crippen LogP contribution in [0, 0.1) is 41.5 Å². The Morgan fingerprint density at radius 3 is 1.24 bits per heavy atom. The normalized spacial score (nSPS) is 15.6. The second-order valence-electron chi connectivity index (χ2n) is 38.3. The van der Waals surface area contributed by atoms with Gasteiger partial charge in [-0.25, -0.2) is 67.6 Å². The van der Waals surface area contributed by atoms with Gasteiger partial charge in [0.1, 0.15) is 48.0 Å². The van der Waals surface area contributed by atoms with E-state index >= 15 is 0 Å². The maximum Gasteiger partial charge on any atom is 0.263 e. The summed E-state index contributed by atoms with van der Waals surface area (Å²) < 4.78 is 36.7. The number of fused-ring (bicyclic) bond motifs is 8. The minimum absolute atomic E-state index is 0.0610. The molecule has 6 aromatic carbocycles. The van der Waals surface area contributed by atoms with E-state index in [0.717, 1.165) is 193 Å². The molecule has 37 nitrogen and oxygen atoms in total. The van der Waals surface area contributed by atoms with Crippen molar-refractivity contribution < 1.29 is 13.2 Å². The maximum atomic E-state index is 14.0. The summed E-state index contributed by atoms with van der Waals surface area (Å²) in [5, 5.41) is 25.1. The summed E-state index contributed by atoms with van der Waals surface area (Å²) in [4.78, 5) is 128. The molecule has 2 unspecified atom stereocenters. The summed E-state index contributed by atoms with van der Waals surface area (Å²) in [6.07, 6.45) is 15.0. The summed E-state index contributed by atoms with van der Waals surface area (Å²) in [7, 11) is 1.06. The summed E-state index contributed by atoms with van der Waals surface area (Å²) in [6, 6.07) is 48.3. The zero-order chi connectivity index (χ0) is 101. The smallest absolute Gasteiger partial charge is 0.263 e. The summed E-state index contributed by atoms with van der Waals surface area (Å²) in [5.74, 6) is 2.18. The monoisotopic (exact) mass is 1960 g/mol. The molecule has 12 aromatic heterocycles. The Morgan fingerprint density at radius 2 is 0.819 bits per heavy atom. The van der Waals surface area contributed by atoms with Gasteiger partial charge in [-0.3, -0.25) is 42.9 Å². The molecule has 0 spiro atoms. The molecule has 4 saturated heterocycles. The fourth-order valence-corrected chi connectivity index (χ4v) is 21.8. The van der Waals surface area contributed by atoms with Gasteiger partial charge in [-0.1, -0.05) is 116 Å². The van der Waals surface area contributed by atoms with Crippen LogP contribution < -0.4 is 44.3 Å². The Kier molecular flexibility index (Phi) is 28.0. The number of nitrogens with zero attached hydrogens (tertiary/aromatic N) is 24. The van der Waals surface area contributed by atoms with Gasteiger partial charge in [-0.05, 0) is 212 Å². The first-order valence-electron chi connectivity index (χ1n) is 49.0. The molecule has 4 aliphatic rings. The van der Waals surface area contributed by atoms with Crippen molar-refractivity contribution in [2.45, 2.75) is 145 Å². The van der Waals surface area contributed by atoms with Crippen LogP contribution in [0.4, 0.5) is 23.3 Å². The van der Waals surface area contributed by atoms with E-state index in [1.165, 1.54) is 35.9 Å². The van der Waals surface area contributed by atoms with Crippen molar-refractivity contribution in [3.63, 3.8) is 0 Å². The lowest BCUT2D eigenvalue weighted by Crippen LogP contribution is -2.47. The van der Waals surface area contributed by atoms with E-state index in [1.807, 2.05) is 183 Å². The van der Waals surface area contributed by atoms with Gasteiger partial charge in [0.25, 0.3) is 22.2 Å². The lowest BCUT2D eigenvalue weighted by atomic mass is 9.98. The zero-order valence-electron chi connectivity index (χ0n) is 83.1. The van der Waals surface area contributed by atoms with E-state index < -0.39 is 10.0 Å². The molecule has 16 heterocycles. The minimum atomic E-state index is -3.23. The van der Waals surface area contributed by atoms with Crippen LogP contribution in [0.2, 0.25) is 0 Å². The molecule has 4 fully saturated rings. The number of imidazole rings is 2. The van der Waals surface area contributed by atoms with E-state index in [2.05, 4.69) is 141 Å². The largest absolute Gasteiger partial charge is 0.383 e. The molecular weight excluding hydrogens is 1840 g/mol. The van der Waals surface area contributed by atoms with E-state index in [-0.39, 0.29) is 58.9 Å². The third-order valence-electron chi connectivity index (χ3n) is 28.7. The quantitative estimate of drug-likeness (QED) is 0.0413. The van der Waals surface area contributed by atoms with Gasteiger partial charge < -0.3 is 55.9 Å². The van der Waals surface area contributed by atoms with Crippen LogP contribution in [0.25, 0.3) is 98.9 Å². The van der Waals surface area contributed by atoms with Gasteiger partial charge in [0.05, 0.1) is 99.2 Å². The highest BCUT2D eigenvalue weighted by Crippen LogP contribution is 2.37. The van der Waals surface area contributed by atoms with Crippen LogP contribution in [0.5, 0.6) is 0 Å².